The number of rotatable bonds is 8. The molecule has 0 saturated carbocycles. The van der Waals surface area contributed by atoms with Crippen molar-refractivity contribution in [1.29, 1.82) is 0 Å². The highest BCUT2D eigenvalue weighted by Gasteiger charge is 2.38. The number of hydrogen-bond acceptors (Lipinski definition) is 5. The van der Waals surface area contributed by atoms with E-state index in [4.69, 9.17) is 9.90 Å². The smallest absolute Gasteiger partial charge is 0.480 e. The molecule has 4 rings (SSSR count). The van der Waals surface area contributed by atoms with Gasteiger partial charge in [0.1, 0.15) is 6.04 Å². The van der Waals surface area contributed by atoms with Gasteiger partial charge in [-0.2, -0.15) is 13.2 Å². The Kier molecular flexibility index (Phi) is 10.3. The van der Waals surface area contributed by atoms with Crippen LogP contribution >= 0.6 is 0 Å². The predicted molar refractivity (Wildman–Crippen MR) is 133 cm³/mol. The van der Waals surface area contributed by atoms with Crippen molar-refractivity contribution < 1.29 is 37.8 Å². The number of halogens is 3. The van der Waals surface area contributed by atoms with Crippen LogP contribution in [0.25, 0.3) is 0 Å². The number of nitrogens with one attached hydrogen (secondary N) is 1. The maximum atomic E-state index is 12.7. The molecule has 206 valence electrons. The fourth-order valence-electron chi connectivity index (χ4n) is 4.93. The van der Waals surface area contributed by atoms with Gasteiger partial charge in [-0.25, -0.2) is 9.59 Å². The molecule has 11 heteroatoms. The van der Waals surface area contributed by atoms with Crippen LogP contribution in [0.15, 0.2) is 60.7 Å². The van der Waals surface area contributed by atoms with E-state index in [1.54, 1.807) is 0 Å². The van der Waals surface area contributed by atoms with Crippen LogP contribution in [0.2, 0.25) is 0 Å². The Morgan fingerprint density at radius 3 is 2.00 bits per heavy atom. The molecule has 2 heterocycles. The number of carbonyl (C=O) groups is 3. The minimum absolute atomic E-state index is 0.212. The number of fused-ring (bicyclic) bond motifs is 2. The number of hydrogen-bond donors (Lipinski definition) is 3. The second-order valence-electron chi connectivity index (χ2n) is 9.52. The van der Waals surface area contributed by atoms with E-state index in [9.17, 15) is 27.9 Å². The van der Waals surface area contributed by atoms with Crippen molar-refractivity contribution in [2.45, 2.75) is 56.5 Å². The summed E-state index contributed by atoms with van der Waals surface area (Å²) in [5.74, 6) is -3.97. The first-order valence-electron chi connectivity index (χ1n) is 12.4. The molecule has 3 N–H and O–H groups in total. The van der Waals surface area contributed by atoms with Crippen molar-refractivity contribution in [3.05, 3.63) is 71.8 Å². The number of carbonyl (C=O) groups excluding carboxylic acids is 1. The van der Waals surface area contributed by atoms with E-state index in [-0.39, 0.29) is 18.9 Å². The minimum atomic E-state index is -5.08. The number of amides is 1. The summed E-state index contributed by atoms with van der Waals surface area (Å²) in [5, 5.41) is 19.4. The molecule has 2 aromatic carbocycles. The molecular weight excluding hydrogens is 503 g/mol. The van der Waals surface area contributed by atoms with Gasteiger partial charge >= 0.3 is 18.1 Å². The zero-order valence-corrected chi connectivity index (χ0v) is 20.8. The van der Waals surface area contributed by atoms with Crippen molar-refractivity contribution in [2.24, 2.45) is 0 Å². The van der Waals surface area contributed by atoms with Crippen LogP contribution in [0.1, 0.15) is 30.4 Å². The van der Waals surface area contributed by atoms with Gasteiger partial charge in [0.15, 0.2) is 0 Å². The van der Waals surface area contributed by atoms with Gasteiger partial charge in [0, 0.05) is 38.1 Å². The lowest BCUT2D eigenvalue weighted by atomic mass is 10.1. The van der Waals surface area contributed by atoms with Gasteiger partial charge < -0.3 is 15.5 Å². The zero-order valence-electron chi connectivity index (χ0n) is 20.8. The van der Waals surface area contributed by atoms with Crippen LogP contribution < -0.4 is 5.32 Å². The summed E-state index contributed by atoms with van der Waals surface area (Å²) in [7, 11) is 0. The molecule has 2 bridgehead atoms. The number of benzene rings is 2. The van der Waals surface area contributed by atoms with E-state index in [1.807, 2.05) is 36.4 Å². The molecule has 0 spiro atoms. The third-order valence-corrected chi connectivity index (χ3v) is 6.75. The fraction of sp³-hybridized carbons (Fsp3) is 0.444. The second kappa shape index (κ2) is 13.4. The summed E-state index contributed by atoms with van der Waals surface area (Å²) in [6.07, 6.45) is -1.38. The summed E-state index contributed by atoms with van der Waals surface area (Å²) in [5.41, 5.74) is 2.23. The van der Waals surface area contributed by atoms with Crippen molar-refractivity contribution in [2.75, 3.05) is 19.6 Å². The third kappa shape index (κ3) is 8.84. The minimum Gasteiger partial charge on any atom is -0.480 e. The lowest BCUT2D eigenvalue weighted by Gasteiger charge is -2.29. The van der Waals surface area contributed by atoms with Crippen LogP contribution in [-0.2, 0) is 27.3 Å². The van der Waals surface area contributed by atoms with E-state index in [1.165, 1.54) is 12.0 Å². The van der Waals surface area contributed by atoms with Crippen molar-refractivity contribution in [3.63, 3.8) is 0 Å². The third-order valence-electron chi connectivity index (χ3n) is 6.75. The largest absolute Gasteiger partial charge is 0.490 e. The van der Waals surface area contributed by atoms with Gasteiger partial charge in [-0.15, -0.1) is 0 Å². The van der Waals surface area contributed by atoms with E-state index >= 15 is 0 Å². The highest BCUT2D eigenvalue weighted by Crippen LogP contribution is 2.31. The first kappa shape index (κ1) is 29.1. The summed E-state index contributed by atoms with van der Waals surface area (Å²) >= 11 is 0. The Bertz CT molecular complexity index is 1070. The number of carboxylic acid groups (broad SMARTS) is 2. The molecule has 0 aromatic heterocycles. The summed E-state index contributed by atoms with van der Waals surface area (Å²) in [4.78, 5) is 38.0. The van der Waals surface area contributed by atoms with Crippen molar-refractivity contribution in [3.8, 4) is 0 Å². The van der Waals surface area contributed by atoms with Gasteiger partial charge in [-0.05, 0) is 30.4 Å². The number of aliphatic carboxylic acids is 2. The summed E-state index contributed by atoms with van der Waals surface area (Å²) < 4.78 is 31.7. The highest BCUT2D eigenvalue weighted by atomic mass is 19.4. The molecule has 1 amide bonds. The fourth-order valence-corrected chi connectivity index (χ4v) is 4.93. The van der Waals surface area contributed by atoms with Crippen LogP contribution in [0.3, 0.4) is 0 Å². The molecule has 0 radical (unpaired) electrons. The lowest BCUT2D eigenvalue weighted by Crippen LogP contribution is -2.48. The number of carboxylic acids is 2. The van der Waals surface area contributed by atoms with Gasteiger partial charge in [0.05, 0.1) is 6.54 Å². The molecule has 2 unspecified atom stereocenters. The average molecular weight is 536 g/mol. The predicted octanol–water partition coefficient (Wildman–Crippen LogP) is 3.17. The number of nitrogens with zero attached hydrogens (tertiary/aromatic N) is 2. The summed E-state index contributed by atoms with van der Waals surface area (Å²) in [6, 6.07) is 20.1. The van der Waals surface area contributed by atoms with E-state index < -0.39 is 24.2 Å². The Morgan fingerprint density at radius 1 is 0.895 bits per heavy atom. The maximum absolute atomic E-state index is 12.7. The van der Waals surface area contributed by atoms with Crippen LogP contribution in [-0.4, -0.2) is 81.8 Å². The normalized spacial score (nSPS) is 20.5. The molecule has 2 fully saturated rings. The monoisotopic (exact) mass is 535 g/mol. The van der Waals surface area contributed by atoms with Gasteiger partial charge in [-0.3, -0.25) is 14.6 Å². The van der Waals surface area contributed by atoms with Gasteiger partial charge in [0.25, 0.3) is 0 Å². The van der Waals surface area contributed by atoms with Crippen molar-refractivity contribution >= 4 is 17.8 Å². The number of likely N-dealkylation sites (tertiary alicyclic amines) is 1. The first-order chi connectivity index (χ1) is 18.0. The molecule has 3 atom stereocenters. The molecule has 2 aliphatic heterocycles. The van der Waals surface area contributed by atoms with Crippen LogP contribution in [0.4, 0.5) is 13.2 Å². The summed E-state index contributed by atoms with van der Waals surface area (Å²) in [6.45, 7) is 2.93. The lowest BCUT2D eigenvalue weighted by molar-refractivity contribution is -0.192. The topological polar surface area (TPSA) is 110 Å². The van der Waals surface area contributed by atoms with E-state index in [0.717, 1.165) is 38.0 Å². The molecule has 8 nitrogen and oxygen atoms in total. The Hall–Kier alpha value is -3.44. The standard InChI is InChI=1S/C25H31N3O3.C2HF3O2/c29-24(26-23(25(30)31)15-19-7-3-1-4-8-19)18-27-14-13-21-11-12-22(17-27)28(21)16-20-9-5-2-6-10-20;3-2(4,5)1(6)7/h1-10,21-23H,11-18H2,(H,26,29)(H,30,31);(H,6,7)/t21?,22?,23-;/m1./s1. The molecular formula is C27H32F3N3O5. The SMILES string of the molecule is O=C(CN1CCC2CCC(C1)N2Cc1ccccc1)N[C@H](Cc1ccccc1)C(=O)O.O=C(O)C(F)(F)F. The first-order valence-corrected chi connectivity index (χ1v) is 12.4. The highest BCUT2D eigenvalue weighted by molar-refractivity contribution is 5.84. The Labute approximate surface area is 219 Å². The zero-order chi connectivity index (χ0) is 27.7. The Balaban J connectivity index is 0.000000505. The number of alkyl halides is 3. The maximum Gasteiger partial charge on any atom is 0.490 e. The Morgan fingerprint density at radius 2 is 1.45 bits per heavy atom. The molecule has 2 aromatic rings. The van der Waals surface area contributed by atoms with Gasteiger partial charge in [-0.1, -0.05) is 60.7 Å². The van der Waals surface area contributed by atoms with E-state index in [0.29, 0.717) is 12.1 Å². The molecule has 2 aliphatic rings. The molecule has 2 saturated heterocycles. The van der Waals surface area contributed by atoms with Crippen molar-refractivity contribution in [1.82, 2.24) is 15.1 Å². The molecule has 38 heavy (non-hydrogen) atoms. The quantitative estimate of drug-likeness (QED) is 0.476. The van der Waals surface area contributed by atoms with Crippen LogP contribution in [0, 0.1) is 0 Å². The second-order valence-corrected chi connectivity index (χ2v) is 9.52. The van der Waals surface area contributed by atoms with Gasteiger partial charge in [0.2, 0.25) is 5.91 Å². The van der Waals surface area contributed by atoms with Crippen LogP contribution in [0.5, 0.6) is 0 Å². The van der Waals surface area contributed by atoms with E-state index in [2.05, 4.69) is 39.4 Å². The molecule has 0 aliphatic carbocycles. The average Bonchev–Trinajstić information content (AvgIpc) is 3.14.